The Kier molecular flexibility index (Phi) is 3.81. The molecule has 0 unspecified atom stereocenters. The van der Waals surface area contributed by atoms with Crippen LogP contribution in [0.25, 0.3) is 16.9 Å². The monoisotopic (exact) mass is 319 g/mol. The summed E-state index contributed by atoms with van der Waals surface area (Å²) in [7, 11) is 0. The van der Waals surface area contributed by atoms with E-state index in [0.29, 0.717) is 0 Å². The summed E-state index contributed by atoms with van der Waals surface area (Å²) >= 11 is 0. The second-order valence-corrected chi connectivity index (χ2v) is 6.65. The molecule has 1 fully saturated rings. The topological polar surface area (TPSA) is 46.4 Å². The highest BCUT2D eigenvalue weighted by molar-refractivity contribution is 5.93. The summed E-state index contributed by atoms with van der Waals surface area (Å²) in [4.78, 5) is 17.0. The van der Waals surface area contributed by atoms with Crippen molar-refractivity contribution in [3.8, 4) is 11.3 Å². The van der Waals surface area contributed by atoms with Gasteiger partial charge in [-0.25, -0.2) is 4.98 Å². The van der Waals surface area contributed by atoms with Gasteiger partial charge in [0.1, 0.15) is 5.65 Å². The van der Waals surface area contributed by atoms with Crippen LogP contribution in [0.15, 0.2) is 48.8 Å². The molecule has 1 aromatic carbocycles. The summed E-state index contributed by atoms with van der Waals surface area (Å²) in [6.07, 6.45) is 8.45. The highest BCUT2D eigenvalue weighted by Gasteiger charge is 2.22. The summed E-state index contributed by atoms with van der Waals surface area (Å²) < 4.78 is 2.04. The van der Waals surface area contributed by atoms with Gasteiger partial charge in [0.25, 0.3) is 0 Å². The number of imidazole rings is 1. The van der Waals surface area contributed by atoms with E-state index in [1.165, 1.54) is 18.4 Å². The maximum absolute atomic E-state index is 12.3. The van der Waals surface area contributed by atoms with Crippen molar-refractivity contribution in [3.63, 3.8) is 0 Å². The summed E-state index contributed by atoms with van der Waals surface area (Å²) in [5, 5.41) is 3.06. The largest absolute Gasteiger partial charge is 0.326 e. The minimum absolute atomic E-state index is 0.148. The lowest BCUT2D eigenvalue weighted by atomic mass is 10.1. The van der Waals surface area contributed by atoms with Gasteiger partial charge < -0.3 is 9.72 Å². The van der Waals surface area contributed by atoms with Crippen molar-refractivity contribution in [3.05, 3.63) is 54.4 Å². The number of pyridine rings is 1. The van der Waals surface area contributed by atoms with Crippen LogP contribution in [0.5, 0.6) is 0 Å². The Labute approximate surface area is 141 Å². The first-order valence-electron chi connectivity index (χ1n) is 8.56. The molecule has 1 amide bonds. The predicted molar refractivity (Wildman–Crippen MR) is 96.0 cm³/mol. The molecule has 1 saturated carbocycles. The van der Waals surface area contributed by atoms with Crippen molar-refractivity contribution in [2.24, 2.45) is 5.92 Å². The Morgan fingerprint density at radius 2 is 2.00 bits per heavy atom. The van der Waals surface area contributed by atoms with Crippen LogP contribution in [-0.4, -0.2) is 15.3 Å². The number of rotatable bonds is 3. The smallest absolute Gasteiger partial charge is 0.227 e. The normalized spacial score (nSPS) is 15.0. The zero-order valence-electron chi connectivity index (χ0n) is 13.8. The summed E-state index contributed by atoms with van der Waals surface area (Å²) in [6.45, 7) is 2.07. The van der Waals surface area contributed by atoms with Gasteiger partial charge in [-0.3, -0.25) is 4.79 Å². The van der Waals surface area contributed by atoms with Gasteiger partial charge in [-0.1, -0.05) is 31.0 Å². The molecule has 0 aliphatic heterocycles. The molecule has 4 nitrogen and oxygen atoms in total. The Morgan fingerprint density at radius 1 is 1.17 bits per heavy atom. The number of anilines is 1. The number of aromatic nitrogens is 2. The molecule has 24 heavy (non-hydrogen) atoms. The number of fused-ring (bicyclic) bond motifs is 1. The standard InChI is InChI=1S/C20H21N3O/c1-14-9-10-19-22-18(13-23(19)12-14)16-7-4-8-17(11-16)21-20(24)15-5-2-3-6-15/h4,7-13,15H,2-3,5-6H2,1H3,(H,21,24). The van der Waals surface area contributed by atoms with Crippen LogP contribution in [0.3, 0.4) is 0 Å². The molecule has 0 radical (unpaired) electrons. The van der Waals surface area contributed by atoms with E-state index >= 15 is 0 Å². The van der Waals surface area contributed by atoms with Gasteiger partial charge in [0.05, 0.1) is 5.69 Å². The molecule has 0 bridgehead atoms. The molecule has 2 aromatic heterocycles. The lowest BCUT2D eigenvalue weighted by Crippen LogP contribution is -2.20. The number of nitrogens with one attached hydrogen (secondary N) is 1. The van der Waals surface area contributed by atoms with E-state index in [1.54, 1.807) is 0 Å². The molecule has 1 aliphatic rings. The number of hydrogen-bond acceptors (Lipinski definition) is 2. The van der Waals surface area contributed by atoms with E-state index in [1.807, 2.05) is 40.9 Å². The van der Waals surface area contributed by atoms with Crippen LogP contribution in [0.1, 0.15) is 31.2 Å². The van der Waals surface area contributed by atoms with Crippen molar-refractivity contribution in [1.29, 1.82) is 0 Å². The third-order valence-corrected chi connectivity index (χ3v) is 4.75. The van der Waals surface area contributed by atoms with E-state index in [4.69, 9.17) is 0 Å². The SMILES string of the molecule is Cc1ccc2nc(-c3cccc(NC(=O)C4CCCC4)c3)cn2c1. The molecule has 0 atom stereocenters. The first-order chi connectivity index (χ1) is 11.7. The van der Waals surface area contributed by atoms with E-state index < -0.39 is 0 Å². The van der Waals surface area contributed by atoms with E-state index in [9.17, 15) is 4.79 Å². The van der Waals surface area contributed by atoms with Gasteiger partial charge in [0.15, 0.2) is 0 Å². The molecule has 2 heterocycles. The molecule has 0 saturated heterocycles. The van der Waals surface area contributed by atoms with Crippen LogP contribution in [0, 0.1) is 12.8 Å². The number of amides is 1. The van der Waals surface area contributed by atoms with Crippen LogP contribution < -0.4 is 5.32 Å². The Balaban J connectivity index is 1.60. The molecular formula is C20H21N3O. The predicted octanol–water partition coefficient (Wildman–Crippen LogP) is 4.44. The number of benzene rings is 1. The lowest BCUT2D eigenvalue weighted by Gasteiger charge is -2.11. The van der Waals surface area contributed by atoms with Crippen LogP contribution in [-0.2, 0) is 4.79 Å². The van der Waals surface area contributed by atoms with Gasteiger partial charge in [-0.05, 0) is 43.5 Å². The van der Waals surface area contributed by atoms with Gasteiger partial charge in [-0.2, -0.15) is 0 Å². The highest BCUT2D eigenvalue weighted by atomic mass is 16.1. The van der Waals surface area contributed by atoms with E-state index in [0.717, 1.165) is 35.4 Å². The van der Waals surface area contributed by atoms with Crippen molar-refractivity contribution >= 4 is 17.2 Å². The first-order valence-corrected chi connectivity index (χ1v) is 8.56. The zero-order valence-corrected chi connectivity index (χ0v) is 13.8. The van der Waals surface area contributed by atoms with E-state index in [-0.39, 0.29) is 11.8 Å². The molecule has 0 spiro atoms. The van der Waals surface area contributed by atoms with Gasteiger partial charge in [0.2, 0.25) is 5.91 Å². The fraction of sp³-hybridized carbons (Fsp3) is 0.300. The van der Waals surface area contributed by atoms with Crippen molar-refractivity contribution in [2.45, 2.75) is 32.6 Å². The number of nitrogens with zero attached hydrogens (tertiary/aromatic N) is 2. The van der Waals surface area contributed by atoms with E-state index in [2.05, 4.69) is 29.5 Å². The maximum atomic E-state index is 12.3. The fourth-order valence-electron chi connectivity index (χ4n) is 3.43. The minimum Gasteiger partial charge on any atom is -0.326 e. The average molecular weight is 319 g/mol. The Bertz CT molecular complexity index is 891. The third-order valence-electron chi connectivity index (χ3n) is 4.75. The van der Waals surface area contributed by atoms with Crippen LogP contribution >= 0.6 is 0 Å². The fourth-order valence-corrected chi connectivity index (χ4v) is 3.43. The highest BCUT2D eigenvalue weighted by Crippen LogP contribution is 2.27. The maximum Gasteiger partial charge on any atom is 0.227 e. The van der Waals surface area contributed by atoms with Gasteiger partial charge >= 0.3 is 0 Å². The summed E-state index contributed by atoms with van der Waals surface area (Å²) in [5.74, 6) is 0.321. The second-order valence-electron chi connectivity index (χ2n) is 6.65. The van der Waals surface area contributed by atoms with Crippen molar-refractivity contribution in [1.82, 2.24) is 9.38 Å². The molecular weight excluding hydrogens is 298 g/mol. The molecule has 3 aromatic rings. The quantitative estimate of drug-likeness (QED) is 0.776. The molecule has 1 N–H and O–H groups in total. The van der Waals surface area contributed by atoms with Crippen molar-refractivity contribution in [2.75, 3.05) is 5.32 Å². The molecule has 1 aliphatic carbocycles. The van der Waals surface area contributed by atoms with Crippen LogP contribution in [0.4, 0.5) is 5.69 Å². The Hall–Kier alpha value is -2.62. The molecule has 122 valence electrons. The molecule has 4 rings (SSSR count). The van der Waals surface area contributed by atoms with Crippen molar-refractivity contribution < 1.29 is 4.79 Å². The average Bonchev–Trinajstić information content (AvgIpc) is 3.24. The summed E-state index contributed by atoms with van der Waals surface area (Å²) in [5.41, 5.74) is 4.90. The lowest BCUT2D eigenvalue weighted by molar-refractivity contribution is -0.119. The number of aryl methyl sites for hydroxylation is 1. The zero-order chi connectivity index (χ0) is 16.5. The number of hydrogen-bond donors (Lipinski definition) is 1. The third kappa shape index (κ3) is 2.92. The number of carbonyl (C=O) groups excluding carboxylic acids is 1. The Morgan fingerprint density at radius 3 is 2.83 bits per heavy atom. The van der Waals surface area contributed by atoms with Gasteiger partial charge in [0, 0.05) is 29.6 Å². The van der Waals surface area contributed by atoms with Gasteiger partial charge in [-0.15, -0.1) is 0 Å². The minimum atomic E-state index is 0.148. The first kappa shape index (κ1) is 14.9. The second kappa shape index (κ2) is 6.11. The molecule has 4 heteroatoms. The van der Waals surface area contributed by atoms with Crippen LogP contribution in [0.2, 0.25) is 0 Å². The number of carbonyl (C=O) groups is 1. The summed E-state index contributed by atoms with van der Waals surface area (Å²) in [6, 6.07) is 12.0.